The van der Waals surface area contributed by atoms with E-state index < -0.39 is 5.97 Å². The van der Waals surface area contributed by atoms with Crippen molar-refractivity contribution in [3.05, 3.63) is 29.8 Å². The maximum absolute atomic E-state index is 11.6. The molecule has 5 heteroatoms. The molecule has 20 heavy (non-hydrogen) atoms. The number of carboxylic acid groups (broad SMARTS) is 1. The van der Waals surface area contributed by atoms with Crippen LogP contribution in [0, 0.1) is 5.92 Å². The molecule has 1 unspecified atom stereocenters. The van der Waals surface area contributed by atoms with Gasteiger partial charge in [0.05, 0.1) is 5.92 Å². The number of amides is 1. The molecule has 0 aliphatic heterocycles. The predicted octanol–water partition coefficient (Wildman–Crippen LogP) is 1.82. The van der Waals surface area contributed by atoms with Gasteiger partial charge in [-0.15, -0.1) is 0 Å². The normalized spacial score (nSPS) is 11.8. The van der Waals surface area contributed by atoms with E-state index >= 15 is 0 Å². The quantitative estimate of drug-likeness (QED) is 0.499. The van der Waals surface area contributed by atoms with E-state index in [4.69, 9.17) is 10.8 Å². The molecule has 0 aliphatic rings. The Kier molecular flexibility index (Phi) is 6.56. The summed E-state index contributed by atoms with van der Waals surface area (Å²) < 4.78 is 0. The fourth-order valence-corrected chi connectivity index (χ4v) is 1.85. The highest BCUT2D eigenvalue weighted by Crippen LogP contribution is 2.08. The van der Waals surface area contributed by atoms with Gasteiger partial charge in [-0.25, -0.2) is 0 Å². The fourth-order valence-electron chi connectivity index (χ4n) is 1.85. The van der Waals surface area contributed by atoms with Crippen LogP contribution in [0.25, 0.3) is 0 Å². The molecule has 1 rings (SSSR count). The van der Waals surface area contributed by atoms with Crippen LogP contribution in [0.3, 0.4) is 0 Å². The SMILES string of the molecule is CC(CCCNC(=O)CCc1cccc(N)c1)C(=O)O. The summed E-state index contributed by atoms with van der Waals surface area (Å²) in [6, 6.07) is 7.49. The van der Waals surface area contributed by atoms with Crippen LogP contribution in [0.4, 0.5) is 5.69 Å². The van der Waals surface area contributed by atoms with Crippen molar-refractivity contribution >= 4 is 17.6 Å². The van der Waals surface area contributed by atoms with Gasteiger partial charge in [0, 0.05) is 18.7 Å². The molecule has 0 aromatic heterocycles. The summed E-state index contributed by atoms with van der Waals surface area (Å²) in [5.74, 6) is -1.17. The molecule has 0 saturated carbocycles. The molecule has 5 nitrogen and oxygen atoms in total. The summed E-state index contributed by atoms with van der Waals surface area (Å²) >= 11 is 0. The van der Waals surface area contributed by atoms with E-state index in [2.05, 4.69) is 5.32 Å². The summed E-state index contributed by atoms with van der Waals surface area (Å²) in [5.41, 5.74) is 7.41. The third-order valence-corrected chi connectivity index (χ3v) is 3.15. The molecule has 0 bridgehead atoms. The number of aryl methyl sites for hydroxylation is 1. The van der Waals surface area contributed by atoms with E-state index in [1.807, 2.05) is 24.3 Å². The lowest BCUT2D eigenvalue weighted by Gasteiger charge is -2.07. The van der Waals surface area contributed by atoms with Crippen LogP contribution in [0.15, 0.2) is 24.3 Å². The maximum Gasteiger partial charge on any atom is 0.306 e. The smallest absolute Gasteiger partial charge is 0.306 e. The first-order valence-electron chi connectivity index (χ1n) is 6.83. The molecular formula is C15H22N2O3. The van der Waals surface area contributed by atoms with Gasteiger partial charge in [0.1, 0.15) is 0 Å². The Balaban J connectivity index is 2.16. The Bertz CT molecular complexity index is 460. The molecule has 110 valence electrons. The van der Waals surface area contributed by atoms with Gasteiger partial charge in [0.2, 0.25) is 5.91 Å². The van der Waals surface area contributed by atoms with Crippen molar-refractivity contribution in [2.75, 3.05) is 12.3 Å². The van der Waals surface area contributed by atoms with Crippen LogP contribution in [0.5, 0.6) is 0 Å². The van der Waals surface area contributed by atoms with E-state index in [1.165, 1.54) is 0 Å². The largest absolute Gasteiger partial charge is 0.481 e. The van der Waals surface area contributed by atoms with Gasteiger partial charge in [0.15, 0.2) is 0 Å². The average molecular weight is 278 g/mol. The van der Waals surface area contributed by atoms with Crippen LogP contribution in [-0.4, -0.2) is 23.5 Å². The number of aliphatic carboxylic acids is 1. The zero-order valence-corrected chi connectivity index (χ0v) is 11.8. The average Bonchev–Trinajstić information content (AvgIpc) is 2.41. The van der Waals surface area contributed by atoms with Crippen molar-refractivity contribution in [3.63, 3.8) is 0 Å². The Hall–Kier alpha value is -2.04. The third kappa shape index (κ3) is 6.22. The summed E-state index contributed by atoms with van der Waals surface area (Å²) in [4.78, 5) is 22.2. The number of hydrogen-bond acceptors (Lipinski definition) is 3. The van der Waals surface area contributed by atoms with Gasteiger partial charge in [-0.2, -0.15) is 0 Å². The molecule has 1 amide bonds. The van der Waals surface area contributed by atoms with Crippen LogP contribution in [0.1, 0.15) is 31.7 Å². The number of hydrogen-bond donors (Lipinski definition) is 3. The topological polar surface area (TPSA) is 92.4 Å². The first kappa shape index (κ1) is 16.0. The zero-order valence-electron chi connectivity index (χ0n) is 11.8. The summed E-state index contributed by atoms with van der Waals surface area (Å²) in [6.45, 7) is 2.19. The van der Waals surface area contributed by atoms with E-state index in [9.17, 15) is 9.59 Å². The zero-order chi connectivity index (χ0) is 15.0. The molecule has 0 radical (unpaired) electrons. The predicted molar refractivity (Wildman–Crippen MR) is 78.2 cm³/mol. The number of carbonyl (C=O) groups excluding carboxylic acids is 1. The monoisotopic (exact) mass is 278 g/mol. The van der Waals surface area contributed by atoms with Crippen LogP contribution >= 0.6 is 0 Å². The minimum atomic E-state index is -0.794. The molecule has 0 spiro atoms. The Morgan fingerprint density at radius 1 is 1.40 bits per heavy atom. The molecular weight excluding hydrogens is 256 g/mol. The molecule has 0 heterocycles. The highest BCUT2D eigenvalue weighted by molar-refractivity contribution is 5.76. The number of benzene rings is 1. The lowest BCUT2D eigenvalue weighted by Crippen LogP contribution is -2.25. The minimum absolute atomic E-state index is 0.0181. The molecule has 1 atom stereocenters. The van der Waals surface area contributed by atoms with Crippen molar-refractivity contribution in [2.24, 2.45) is 5.92 Å². The number of carboxylic acids is 1. The first-order valence-corrected chi connectivity index (χ1v) is 6.83. The van der Waals surface area contributed by atoms with Gasteiger partial charge < -0.3 is 16.2 Å². The van der Waals surface area contributed by atoms with Crippen molar-refractivity contribution in [1.29, 1.82) is 0 Å². The highest BCUT2D eigenvalue weighted by Gasteiger charge is 2.10. The second-order valence-electron chi connectivity index (χ2n) is 4.98. The molecule has 0 saturated heterocycles. The Morgan fingerprint density at radius 2 is 2.15 bits per heavy atom. The molecule has 1 aromatic rings. The maximum atomic E-state index is 11.6. The van der Waals surface area contributed by atoms with Crippen molar-refractivity contribution in [3.8, 4) is 0 Å². The fraction of sp³-hybridized carbons (Fsp3) is 0.467. The van der Waals surface area contributed by atoms with Crippen molar-refractivity contribution in [2.45, 2.75) is 32.6 Å². The lowest BCUT2D eigenvalue weighted by molar-refractivity contribution is -0.141. The lowest BCUT2D eigenvalue weighted by atomic mass is 10.1. The highest BCUT2D eigenvalue weighted by atomic mass is 16.4. The number of rotatable bonds is 8. The van der Waals surface area contributed by atoms with Crippen molar-refractivity contribution in [1.82, 2.24) is 5.32 Å². The van der Waals surface area contributed by atoms with Gasteiger partial charge >= 0.3 is 5.97 Å². The number of carbonyl (C=O) groups is 2. The van der Waals surface area contributed by atoms with E-state index in [-0.39, 0.29) is 11.8 Å². The van der Waals surface area contributed by atoms with Crippen molar-refractivity contribution < 1.29 is 14.7 Å². The van der Waals surface area contributed by atoms with E-state index in [1.54, 1.807) is 6.92 Å². The number of nitrogens with one attached hydrogen (secondary N) is 1. The molecule has 1 aromatic carbocycles. The summed E-state index contributed by atoms with van der Waals surface area (Å²) in [7, 11) is 0. The summed E-state index contributed by atoms with van der Waals surface area (Å²) in [5, 5.41) is 11.5. The number of anilines is 1. The van der Waals surface area contributed by atoms with Crippen LogP contribution in [-0.2, 0) is 16.0 Å². The van der Waals surface area contributed by atoms with Crippen LogP contribution < -0.4 is 11.1 Å². The second-order valence-corrected chi connectivity index (χ2v) is 4.98. The van der Waals surface area contributed by atoms with E-state index in [0.717, 1.165) is 5.56 Å². The summed E-state index contributed by atoms with van der Waals surface area (Å²) in [6.07, 6.45) is 2.32. The Morgan fingerprint density at radius 3 is 2.80 bits per heavy atom. The third-order valence-electron chi connectivity index (χ3n) is 3.15. The van der Waals surface area contributed by atoms with E-state index in [0.29, 0.717) is 37.9 Å². The molecule has 0 fully saturated rings. The Labute approximate surface area is 119 Å². The molecule has 4 N–H and O–H groups in total. The molecule has 0 aliphatic carbocycles. The number of nitrogen functional groups attached to an aromatic ring is 1. The van der Waals surface area contributed by atoms with Gasteiger partial charge in [-0.3, -0.25) is 9.59 Å². The van der Waals surface area contributed by atoms with Gasteiger partial charge in [-0.05, 0) is 37.0 Å². The second kappa shape index (κ2) is 8.19. The first-order chi connectivity index (χ1) is 9.49. The van der Waals surface area contributed by atoms with Gasteiger partial charge in [-0.1, -0.05) is 19.1 Å². The van der Waals surface area contributed by atoms with Gasteiger partial charge in [0.25, 0.3) is 0 Å². The minimum Gasteiger partial charge on any atom is -0.481 e. The standard InChI is InChI=1S/C15H22N2O3/c1-11(15(19)20)4-3-9-17-14(18)8-7-12-5-2-6-13(16)10-12/h2,5-6,10-11H,3-4,7-9,16H2,1H3,(H,17,18)(H,19,20). The van der Waals surface area contributed by atoms with Crippen LogP contribution in [0.2, 0.25) is 0 Å². The number of nitrogens with two attached hydrogens (primary N) is 1.